The van der Waals surface area contributed by atoms with Crippen molar-refractivity contribution in [1.29, 1.82) is 0 Å². The lowest BCUT2D eigenvalue weighted by Crippen LogP contribution is -2.36. The minimum Gasteiger partial charge on any atom is -0.377 e. The van der Waals surface area contributed by atoms with Gasteiger partial charge in [-0.05, 0) is 33.1 Å². The molecule has 2 heterocycles. The third-order valence-electron chi connectivity index (χ3n) is 3.24. The molecule has 2 aliphatic rings. The van der Waals surface area contributed by atoms with Crippen LogP contribution in [-0.4, -0.2) is 37.4 Å². The van der Waals surface area contributed by atoms with Gasteiger partial charge in [0.2, 0.25) is 0 Å². The van der Waals surface area contributed by atoms with E-state index in [4.69, 9.17) is 4.74 Å². The van der Waals surface area contributed by atoms with Crippen molar-refractivity contribution in [2.45, 2.75) is 50.8 Å². The summed E-state index contributed by atoms with van der Waals surface area (Å²) in [5.74, 6) is 0. The lowest BCUT2D eigenvalue weighted by Gasteiger charge is -2.18. The second kappa shape index (κ2) is 4.17. The van der Waals surface area contributed by atoms with Gasteiger partial charge in [0.1, 0.15) is 0 Å². The van der Waals surface area contributed by atoms with E-state index in [2.05, 4.69) is 24.5 Å². The van der Waals surface area contributed by atoms with E-state index in [9.17, 15) is 0 Å². The fraction of sp³-hybridized carbons (Fsp3) is 1.00. The van der Waals surface area contributed by atoms with Crippen molar-refractivity contribution in [3.63, 3.8) is 0 Å². The summed E-state index contributed by atoms with van der Waals surface area (Å²) in [6.45, 7) is 7.62. The molecule has 2 unspecified atom stereocenters. The van der Waals surface area contributed by atoms with E-state index >= 15 is 0 Å². The summed E-state index contributed by atoms with van der Waals surface area (Å²) >= 11 is 0. The average molecular weight is 198 g/mol. The first-order chi connectivity index (χ1) is 6.66. The molecular formula is C11H22N2O. The first-order valence-electron chi connectivity index (χ1n) is 5.76. The van der Waals surface area contributed by atoms with Gasteiger partial charge in [-0.3, -0.25) is 0 Å². The zero-order chi connectivity index (χ0) is 10.0. The van der Waals surface area contributed by atoms with E-state index in [-0.39, 0.29) is 0 Å². The molecular weight excluding hydrogens is 176 g/mol. The van der Waals surface area contributed by atoms with Gasteiger partial charge in [-0.15, -0.1) is 0 Å². The van der Waals surface area contributed by atoms with Crippen molar-refractivity contribution >= 4 is 0 Å². The summed E-state index contributed by atoms with van der Waals surface area (Å²) in [6.07, 6.45) is 4.16. The smallest absolute Gasteiger partial charge is 0.0700 e. The molecule has 14 heavy (non-hydrogen) atoms. The van der Waals surface area contributed by atoms with Gasteiger partial charge in [-0.1, -0.05) is 0 Å². The normalized spacial score (nSPS) is 36.4. The molecule has 0 bridgehead atoms. The molecule has 0 aliphatic carbocycles. The van der Waals surface area contributed by atoms with Gasteiger partial charge in [-0.25, -0.2) is 0 Å². The van der Waals surface area contributed by atoms with Crippen LogP contribution in [0.5, 0.6) is 0 Å². The van der Waals surface area contributed by atoms with Crippen LogP contribution >= 0.6 is 0 Å². The van der Waals surface area contributed by atoms with Crippen LogP contribution in [0.2, 0.25) is 0 Å². The zero-order valence-electron chi connectivity index (χ0n) is 9.31. The van der Waals surface area contributed by atoms with Crippen molar-refractivity contribution in [3.05, 3.63) is 0 Å². The molecule has 0 aromatic carbocycles. The van der Waals surface area contributed by atoms with Gasteiger partial charge < -0.3 is 15.4 Å². The summed E-state index contributed by atoms with van der Waals surface area (Å²) in [5, 5.41) is 7.11. The minimum absolute atomic E-state index is 0.314. The maximum absolute atomic E-state index is 5.58. The Bertz CT molecular complexity index is 188. The molecule has 0 spiro atoms. The van der Waals surface area contributed by atoms with Crippen LogP contribution in [0.1, 0.15) is 33.1 Å². The number of hydrogen-bond acceptors (Lipinski definition) is 3. The van der Waals surface area contributed by atoms with Gasteiger partial charge in [0.05, 0.1) is 6.10 Å². The van der Waals surface area contributed by atoms with Crippen LogP contribution in [0.3, 0.4) is 0 Å². The standard InChI is InChI=1S/C11H22N2O/c1-11(2)6-9(7-13-11)12-8-10-4-3-5-14-10/h9-10,12-13H,3-8H2,1-2H3. The Hall–Kier alpha value is -0.120. The van der Waals surface area contributed by atoms with Crippen molar-refractivity contribution in [1.82, 2.24) is 10.6 Å². The molecule has 0 saturated carbocycles. The van der Waals surface area contributed by atoms with Crippen LogP contribution in [0.4, 0.5) is 0 Å². The molecule has 0 radical (unpaired) electrons. The lowest BCUT2D eigenvalue weighted by molar-refractivity contribution is 0.108. The highest BCUT2D eigenvalue weighted by atomic mass is 16.5. The summed E-state index contributed by atoms with van der Waals surface area (Å²) in [6, 6.07) is 0.634. The highest BCUT2D eigenvalue weighted by Crippen LogP contribution is 2.18. The van der Waals surface area contributed by atoms with E-state index in [0.717, 1.165) is 19.7 Å². The molecule has 2 N–H and O–H groups in total. The topological polar surface area (TPSA) is 33.3 Å². The summed E-state index contributed by atoms with van der Waals surface area (Å²) in [5.41, 5.74) is 0.314. The van der Waals surface area contributed by atoms with Crippen molar-refractivity contribution in [2.75, 3.05) is 19.7 Å². The Balaban J connectivity index is 1.66. The number of nitrogens with one attached hydrogen (secondary N) is 2. The van der Waals surface area contributed by atoms with E-state index < -0.39 is 0 Å². The van der Waals surface area contributed by atoms with Gasteiger partial charge >= 0.3 is 0 Å². The molecule has 0 aromatic rings. The molecule has 2 rings (SSSR count). The Labute approximate surface area is 86.6 Å². The van der Waals surface area contributed by atoms with E-state index in [0.29, 0.717) is 17.7 Å². The second-order valence-electron chi connectivity index (χ2n) is 5.21. The molecule has 3 heteroatoms. The molecule has 0 amide bonds. The maximum Gasteiger partial charge on any atom is 0.0700 e. The fourth-order valence-corrected chi connectivity index (χ4v) is 2.41. The third-order valence-corrected chi connectivity index (χ3v) is 3.24. The molecule has 82 valence electrons. The highest BCUT2D eigenvalue weighted by Gasteiger charge is 2.30. The summed E-state index contributed by atoms with van der Waals surface area (Å²) < 4.78 is 5.58. The van der Waals surface area contributed by atoms with Crippen molar-refractivity contribution in [2.24, 2.45) is 0 Å². The summed E-state index contributed by atoms with van der Waals surface area (Å²) in [4.78, 5) is 0. The van der Waals surface area contributed by atoms with Gasteiger partial charge in [0.15, 0.2) is 0 Å². The Kier molecular flexibility index (Phi) is 3.10. The number of ether oxygens (including phenoxy) is 1. The number of hydrogen-bond donors (Lipinski definition) is 2. The van der Waals surface area contributed by atoms with Crippen LogP contribution < -0.4 is 10.6 Å². The Morgan fingerprint density at radius 2 is 2.36 bits per heavy atom. The molecule has 2 fully saturated rings. The second-order valence-corrected chi connectivity index (χ2v) is 5.21. The summed E-state index contributed by atoms with van der Waals surface area (Å²) in [7, 11) is 0. The van der Waals surface area contributed by atoms with Crippen LogP contribution in [0.15, 0.2) is 0 Å². The fourth-order valence-electron chi connectivity index (χ4n) is 2.41. The Morgan fingerprint density at radius 3 is 2.93 bits per heavy atom. The first-order valence-corrected chi connectivity index (χ1v) is 5.76. The third kappa shape index (κ3) is 2.69. The predicted octanol–water partition coefficient (Wildman–Crippen LogP) is 0.895. The monoisotopic (exact) mass is 198 g/mol. The maximum atomic E-state index is 5.58. The first kappa shape index (κ1) is 10.4. The average Bonchev–Trinajstić information content (AvgIpc) is 2.70. The molecule has 3 nitrogen and oxygen atoms in total. The van der Waals surface area contributed by atoms with Crippen molar-refractivity contribution < 1.29 is 4.74 Å². The van der Waals surface area contributed by atoms with Crippen LogP contribution in [-0.2, 0) is 4.74 Å². The molecule has 2 saturated heterocycles. The largest absolute Gasteiger partial charge is 0.377 e. The van der Waals surface area contributed by atoms with Crippen molar-refractivity contribution in [3.8, 4) is 0 Å². The minimum atomic E-state index is 0.314. The lowest BCUT2D eigenvalue weighted by atomic mass is 10.0. The Morgan fingerprint density at radius 1 is 1.50 bits per heavy atom. The van der Waals surface area contributed by atoms with E-state index in [1.807, 2.05) is 0 Å². The van der Waals surface area contributed by atoms with E-state index in [1.54, 1.807) is 0 Å². The molecule has 0 aromatic heterocycles. The zero-order valence-corrected chi connectivity index (χ0v) is 9.31. The quantitative estimate of drug-likeness (QED) is 0.707. The van der Waals surface area contributed by atoms with Crippen LogP contribution in [0.25, 0.3) is 0 Å². The number of rotatable bonds is 3. The predicted molar refractivity (Wildman–Crippen MR) is 57.5 cm³/mol. The highest BCUT2D eigenvalue weighted by molar-refractivity contribution is 4.93. The van der Waals surface area contributed by atoms with Crippen LogP contribution in [0, 0.1) is 0 Å². The SMILES string of the molecule is CC1(C)CC(NCC2CCCO2)CN1. The molecule has 2 atom stereocenters. The van der Waals surface area contributed by atoms with Gasteiger partial charge in [-0.2, -0.15) is 0 Å². The van der Waals surface area contributed by atoms with E-state index in [1.165, 1.54) is 19.3 Å². The van der Waals surface area contributed by atoms with Gasteiger partial charge in [0, 0.05) is 31.3 Å². The van der Waals surface area contributed by atoms with Gasteiger partial charge in [0.25, 0.3) is 0 Å². The molecule has 2 aliphatic heterocycles.